The second-order valence-electron chi connectivity index (χ2n) is 9.56. The Morgan fingerprint density at radius 2 is 1.32 bits per heavy atom. The molecule has 3 aliphatic heterocycles. The molecular weight excluding hydrogens is 418 g/mol. The summed E-state index contributed by atoms with van der Waals surface area (Å²) < 4.78 is 0. The Balaban J connectivity index is 1.33. The number of aromatic amines is 2. The van der Waals surface area contributed by atoms with Crippen LogP contribution in [0.2, 0.25) is 0 Å². The fourth-order valence-electron chi connectivity index (χ4n) is 5.12. The second-order valence-corrected chi connectivity index (χ2v) is 9.56. The van der Waals surface area contributed by atoms with Crippen LogP contribution in [0.25, 0.3) is 46.4 Å². The molecule has 6 rings (SSSR count). The molecule has 6 heterocycles. The van der Waals surface area contributed by atoms with E-state index in [1.807, 2.05) is 18.2 Å². The first-order chi connectivity index (χ1) is 16.8. The van der Waals surface area contributed by atoms with Crippen molar-refractivity contribution in [2.24, 2.45) is 0 Å². The molecule has 3 aromatic rings. The highest BCUT2D eigenvalue weighted by molar-refractivity contribution is 5.78. The van der Waals surface area contributed by atoms with Gasteiger partial charge in [-0.3, -0.25) is 0 Å². The lowest BCUT2D eigenvalue weighted by atomic mass is 10.1. The number of nitrogens with zero attached hydrogens (tertiary/aromatic N) is 3. The molecule has 0 spiro atoms. The Morgan fingerprint density at radius 1 is 0.647 bits per heavy atom. The molecule has 0 saturated carbocycles. The molecule has 2 N–H and O–H groups in total. The summed E-state index contributed by atoms with van der Waals surface area (Å²) in [6, 6.07) is 15.0. The first-order valence-electron chi connectivity index (χ1n) is 12.6. The molecule has 3 aromatic heterocycles. The highest BCUT2D eigenvalue weighted by atomic mass is 15.1. The Morgan fingerprint density at radius 3 is 2.09 bits per heavy atom. The van der Waals surface area contributed by atoms with Crippen LogP contribution in [0.1, 0.15) is 60.4 Å². The van der Waals surface area contributed by atoms with E-state index < -0.39 is 0 Å². The summed E-state index contributed by atoms with van der Waals surface area (Å²) in [5.41, 5.74) is 9.56. The number of aryl methyl sites for hydroxylation is 1. The number of hydrogen-bond donors (Lipinski definition) is 2. The Labute approximate surface area is 200 Å². The van der Waals surface area contributed by atoms with Crippen LogP contribution >= 0.6 is 0 Å². The number of H-pyrrole nitrogens is 2. The summed E-state index contributed by atoms with van der Waals surface area (Å²) >= 11 is 0. The fraction of sp³-hybridized carbons (Fsp3) is 0.310. The monoisotopic (exact) mass is 449 g/mol. The van der Waals surface area contributed by atoms with Gasteiger partial charge in [-0.1, -0.05) is 6.42 Å². The maximum atomic E-state index is 4.81. The average molecular weight is 450 g/mol. The molecule has 172 valence electrons. The Bertz CT molecular complexity index is 1400. The van der Waals surface area contributed by atoms with Gasteiger partial charge in [0.1, 0.15) is 0 Å². The normalized spacial score (nSPS) is 15.4. The predicted molar refractivity (Wildman–Crippen MR) is 142 cm³/mol. The minimum Gasteiger partial charge on any atom is -0.355 e. The number of hydrogen-bond acceptors (Lipinski definition) is 3. The van der Waals surface area contributed by atoms with Crippen LogP contribution in [0.5, 0.6) is 0 Å². The van der Waals surface area contributed by atoms with E-state index in [9.17, 15) is 0 Å². The predicted octanol–water partition coefficient (Wildman–Crippen LogP) is 6.46. The van der Waals surface area contributed by atoms with E-state index in [0.717, 1.165) is 51.3 Å². The van der Waals surface area contributed by atoms with Crippen molar-refractivity contribution in [1.82, 2.24) is 24.8 Å². The summed E-state index contributed by atoms with van der Waals surface area (Å²) in [6.07, 6.45) is 15.8. The number of aromatic nitrogens is 4. The zero-order valence-electron chi connectivity index (χ0n) is 19.6. The molecule has 34 heavy (non-hydrogen) atoms. The molecule has 0 unspecified atom stereocenters. The van der Waals surface area contributed by atoms with Crippen LogP contribution in [-0.2, 0) is 6.42 Å². The van der Waals surface area contributed by atoms with Gasteiger partial charge in [0, 0.05) is 22.1 Å². The molecule has 8 bridgehead atoms. The average Bonchev–Trinajstić information content (AvgIpc) is 3.64. The molecule has 1 saturated heterocycles. The molecule has 5 nitrogen and oxygen atoms in total. The van der Waals surface area contributed by atoms with E-state index in [1.54, 1.807) is 0 Å². The zero-order valence-corrected chi connectivity index (χ0v) is 19.6. The quantitative estimate of drug-likeness (QED) is 0.292. The molecule has 5 heteroatoms. The van der Waals surface area contributed by atoms with Gasteiger partial charge < -0.3 is 14.9 Å². The van der Waals surface area contributed by atoms with Gasteiger partial charge in [-0.2, -0.15) is 0 Å². The number of likely N-dealkylation sites (tertiary alicyclic amines) is 1. The van der Waals surface area contributed by atoms with Crippen molar-refractivity contribution < 1.29 is 0 Å². The molecule has 0 atom stereocenters. The third-order valence-corrected chi connectivity index (χ3v) is 6.87. The minimum absolute atomic E-state index is 0.929. The van der Waals surface area contributed by atoms with Gasteiger partial charge >= 0.3 is 0 Å². The Kier molecular flexibility index (Phi) is 5.86. The van der Waals surface area contributed by atoms with E-state index >= 15 is 0 Å². The van der Waals surface area contributed by atoms with Crippen molar-refractivity contribution >= 4 is 46.4 Å². The molecular formula is C29H31N5. The largest absolute Gasteiger partial charge is 0.355 e. The van der Waals surface area contributed by atoms with Crippen molar-refractivity contribution in [3.05, 3.63) is 70.8 Å². The smallest absolute Gasteiger partial charge is 0.0659 e. The third-order valence-electron chi connectivity index (χ3n) is 6.87. The maximum absolute atomic E-state index is 4.81. The van der Waals surface area contributed by atoms with Crippen LogP contribution in [0.15, 0.2) is 42.5 Å². The SMILES string of the molecule is C1=Cc2cc3ccc(cc4cc(CCCCCN5CCCC5)c(cc5nc(cc1n2)C=C5)[nH]4)[nH]3. The molecule has 1 fully saturated rings. The number of fused-ring (bicyclic) bond motifs is 8. The minimum atomic E-state index is 0.929. The Hall–Kier alpha value is -3.44. The van der Waals surface area contributed by atoms with E-state index in [0.29, 0.717) is 0 Å². The second kappa shape index (κ2) is 9.43. The maximum Gasteiger partial charge on any atom is 0.0659 e. The molecule has 0 radical (unpaired) electrons. The van der Waals surface area contributed by atoms with E-state index in [4.69, 9.17) is 9.97 Å². The van der Waals surface area contributed by atoms with Crippen LogP contribution in [-0.4, -0.2) is 44.5 Å². The third kappa shape index (κ3) is 4.90. The van der Waals surface area contributed by atoms with Crippen molar-refractivity contribution in [3.63, 3.8) is 0 Å². The lowest BCUT2D eigenvalue weighted by Crippen LogP contribution is -2.20. The standard InChI is InChI=1S/C29H31N5/c1(3-13-34-14-4-5-15-34)2-6-21-16-28-19-26-10-9-24(31-26)17-22-7-8-23(30-22)18-25-11-12-27(32-25)20-29(21)33-28/h7-12,16-20,31,33H,1-6,13-15H2. The van der Waals surface area contributed by atoms with Gasteiger partial charge in [0.05, 0.1) is 22.8 Å². The van der Waals surface area contributed by atoms with Gasteiger partial charge in [-0.15, -0.1) is 0 Å². The van der Waals surface area contributed by atoms with Crippen molar-refractivity contribution in [2.75, 3.05) is 19.6 Å². The summed E-state index contributed by atoms with van der Waals surface area (Å²) in [6.45, 7) is 3.85. The molecule has 3 aliphatic rings. The van der Waals surface area contributed by atoms with E-state index in [2.05, 4.69) is 63.4 Å². The molecule has 0 aliphatic carbocycles. The summed E-state index contributed by atoms with van der Waals surface area (Å²) in [4.78, 5) is 19.3. The lowest BCUT2D eigenvalue weighted by Gasteiger charge is -2.13. The number of unbranched alkanes of at least 4 members (excludes halogenated alkanes) is 2. The van der Waals surface area contributed by atoms with Crippen molar-refractivity contribution in [3.8, 4) is 0 Å². The van der Waals surface area contributed by atoms with Crippen molar-refractivity contribution in [2.45, 2.75) is 38.5 Å². The number of nitrogens with one attached hydrogen (secondary N) is 2. The summed E-state index contributed by atoms with van der Waals surface area (Å²) in [5.74, 6) is 0. The van der Waals surface area contributed by atoms with Crippen LogP contribution in [0.4, 0.5) is 0 Å². The van der Waals surface area contributed by atoms with E-state index in [-0.39, 0.29) is 0 Å². The highest BCUT2D eigenvalue weighted by Gasteiger charge is 2.10. The lowest BCUT2D eigenvalue weighted by molar-refractivity contribution is 0.328. The van der Waals surface area contributed by atoms with Gasteiger partial charge in [0.2, 0.25) is 0 Å². The highest BCUT2D eigenvalue weighted by Crippen LogP contribution is 2.21. The first kappa shape index (κ1) is 21.1. The summed E-state index contributed by atoms with van der Waals surface area (Å²) in [5, 5.41) is 0. The van der Waals surface area contributed by atoms with Gasteiger partial charge in [-0.05, 0) is 124 Å². The van der Waals surface area contributed by atoms with Gasteiger partial charge in [0.25, 0.3) is 0 Å². The molecule has 0 aromatic carbocycles. The first-order valence-corrected chi connectivity index (χ1v) is 12.6. The van der Waals surface area contributed by atoms with Crippen LogP contribution in [0, 0.1) is 0 Å². The molecule has 0 amide bonds. The number of rotatable bonds is 6. The fourth-order valence-corrected chi connectivity index (χ4v) is 5.12. The van der Waals surface area contributed by atoms with Crippen LogP contribution in [0.3, 0.4) is 0 Å². The van der Waals surface area contributed by atoms with Crippen LogP contribution < -0.4 is 0 Å². The van der Waals surface area contributed by atoms with E-state index in [1.165, 1.54) is 57.3 Å². The van der Waals surface area contributed by atoms with Gasteiger partial charge in [-0.25, -0.2) is 9.97 Å². The topological polar surface area (TPSA) is 60.6 Å². The summed E-state index contributed by atoms with van der Waals surface area (Å²) in [7, 11) is 0. The zero-order chi connectivity index (χ0) is 22.7. The van der Waals surface area contributed by atoms with Gasteiger partial charge in [0.15, 0.2) is 0 Å². The van der Waals surface area contributed by atoms with Crippen molar-refractivity contribution in [1.29, 1.82) is 0 Å².